The molecule has 1 aromatic heterocycles. The molecule has 0 saturated heterocycles. The zero-order chi connectivity index (χ0) is 13.5. The number of nitriles is 1. The van der Waals surface area contributed by atoms with Crippen molar-refractivity contribution >= 4 is 23.4 Å². The van der Waals surface area contributed by atoms with E-state index in [1.54, 1.807) is 23.5 Å². The molecule has 0 unspecified atom stereocenters. The van der Waals surface area contributed by atoms with E-state index in [2.05, 4.69) is 4.74 Å². The van der Waals surface area contributed by atoms with Crippen molar-refractivity contribution in [2.45, 2.75) is 0 Å². The van der Waals surface area contributed by atoms with Gasteiger partial charge in [0.1, 0.15) is 6.07 Å². The van der Waals surface area contributed by atoms with Gasteiger partial charge in [0.2, 0.25) is 0 Å². The van der Waals surface area contributed by atoms with Crippen LogP contribution in [-0.2, 0) is 9.53 Å². The number of carbonyl (C=O) groups excluding carboxylic acids is 1. The zero-order valence-electron chi connectivity index (χ0n) is 10.1. The number of rotatable bonds is 4. The zero-order valence-corrected chi connectivity index (χ0v) is 10.9. The lowest BCUT2D eigenvalue weighted by molar-refractivity contribution is -0.136. The fourth-order valence-electron chi connectivity index (χ4n) is 1.50. The molecule has 0 radical (unpaired) electrons. The Bertz CT molecular complexity index is 623. The van der Waals surface area contributed by atoms with Gasteiger partial charge in [-0.05, 0) is 23.8 Å². The Morgan fingerprint density at radius 3 is 2.79 bits per heavy atom. The first kappa shape index (κ1) is 13.1. The summed E-state index contributed by atoms with van der Waals surface area (Å²) in [6.45, 7) is -0.219. The van der Waals surface area contributed by atoms with Crippen molar-refractivity contribution in [2.24, 2.45) is 0 Å². The smallest absolute Gasteiger partial charge is 0.331 e. The Hall–Kier alpha value is -2.38. The third-order valence-electron chi connectivity index (χ3n) is 2.35. The summed E-state index contributed by atoms with van der Waals surface area (Å²) in [6.07, 6.45) is 3.02. The second kappa shape index (κ2) is 6.53. The quantitative estimate of drug-likeness (QED) is 0.630. The SMILES string of the molecule is N#CCOC(=O)/C=C/c1ccc(-c2ccccc2)s1. The van der Waals surface area contributed by atoms with Gasteiger partial charge >= 0.3 is 5.97 Å². The summed E-state index contributed by atoms with van der Waals surface area (Å²) < 4.78 is 4.62. The van der Waals surface area contributed by atoms with Gasteiger partial charge in [0.25, 0.3) is 0 Å². The highest BCUT2D eigenvalue weighted by molar-refractivity contribution is 7.16. The molecule has 0 bridgehead atoms. The molecule has 2 rings (SSSR count). The Labute approximate surface area is 115 Å². The van der Waals surface area contributed by atoms with E-state index < -0.39 is 5.97 Å². The molecular formula is C15H11NO2S. The highest BCUT2D eigenvalue weighted by atomic mass is 32.1. The van der Waals surface area contributed by atoms with Crippen LogP contribution in [0, 0.1) is 11.3 Å². The maximum atomic E-state index is 11.2. The van der Waals surface area contributed by atoms with Crippen LogP contribution < -0.4 is 0 Å². The fourth-order valence-corrected chi connectivity index (χ4v) is 2.42. The van der Waals surface area contributed by atoms with Gasteiger partial charge in [0.05, 0.1) is 0 Å². The number of nitrogens with zero attached hydrogens (tertiary/aromatic N) is 1. The molecule has 0 aliphatic rings. The van der Waals surface area contributed by atoms with Gasteiger partial charge < -0.3 is 4.74 Å². The maximum Gasteiger partial charge on any atom is 0.331 e. The van der Waals surface area contributed by atoms with E-state index in [1.165, 1.54) is 6.08 Å². The number of hydrogen-bond acceptors (Lipinski definition) is 4. The monoisotopic (exact) mass is 269 g/mol. The standard InChI is InChI=1S/C15H11NO2S/c16-10-11-18-15(17)9-7-13-6-8-14(19-13)12-4-2-1-3-5-12/h1-9H,11H2/b9-7+. The van der Waals surface area contributed by atoms with Crippen LogP contribution in [-0.4, -0.2) is 12.6 Å². The van der Waals surface area contributed by atoms with Gasteiger partial charge in [-0.15, -0.1) is 11.3 Å². The lowest BCUT2D eigenvalue weighted by Gasteiger charge is -1.94. The molecule has 94 valence electrons. The third kappa shape index (κ3) is 3.80. The van der Waals surface area contributed by atoms with Crippen LogP contribution in [0.5, 0.6) is 0 Å². The van der Waals surface area contributed by atoms with Gasteiger partial charge in [-0.25, -0.2) is 4.79 Å². The predicted octanol–water partition coefficient (Wildman–Crippen LogP) is 3.50. The Balaban J connectivity index is 2.04. The van der Waals surface area contributed by atoms with Gasteiger partial charge in [0, 0.05) is 15.8 Å². The summed E-state index contributed by atoms with van der Waals surface area (Å²) in [6, 6.07) is 15.7. The summed E-state index contributed by atoms with van der Waals surface area (Å²) in [5.74, 6) is -0.504. The van der Waals surface area contributed by atoms with Crippen LogP contribution in [0.2, 0.25) is 0 Å². The first-order chi connectivity index (χ1) is 9.29. The average molecular weight is 269 g/mol. The van der Waals surface area contributed by atoms with E-state index in [1.807, 2.05) is 42.5 Å². The Kier molecular flexibility index (Phi) is 4.49. The molecule has 2 aromatic rings. The first-order valence-electron chi connectivity index (χ1n) is 5.66. The molecule has 19 heavy (non-hydrogen) atoms. The summed E-state index contributed by atoms with van der Waals surface area (Å²) in [5, 5.41) is 8.28. The second-order valence-electron chi connectivity index (χ2n) is 3.67. The van der Waals surface area contributed by atoms with Crippen molar-refractivity contribution in [3.8, 4) is 16.5 Å². The van der Waals surface area contributed by atoms with E-state index in [-0.39, 0.29) is 6.61 Å². The summed E-state index contributed by atoms with van der Waals surface area (Å²) >= 11 is 1.59. The minimum atomic E-state index is -0.504. The van der Waals surface area contributed by atoms with Crippen LogP contribution in [0.25, 0.3) is 16.5 Å². The van der Waals surface area contributed by atoms with Crippen LogP contribution in [0.1, 0.15) is 4.88 Å². The first-order valence-corrected chi connectivity index (χ1v) is 6.48. The minimum Gasteiger partial charge on any atom is -0.447 e. The van der Waals surface area contributed by atoms with Crippen molar-refractivity contribution in [2.75, 3.05) is 6.61 Å². The van der Waals surface area contributed by atoms with Crippen LogP contribution >= 0.6 is 11.3 Å². The van der Waals surface area contributed by atoms with E-state index in [9.17, 15) is 4.79 Å². The van der Waals surface area contributed by atoms with Crippen molar-refractivity contribution < 1.29 is 9.53 Å². The summed E-state index contributed by atoms with van der Waals surface area (Å²) in [5.41, 5.74) is 1.15. The lowest BCUT2D eigenvalue weighted by atomic mass is 10.2. The number of benzene rings is 1. The van der Waals surface area contributed by atoms with E-state index in [0.717, 1.165) is 15.3 Å². The molecule has 4 heteroatoms. The minimum absolute atomic E-state index is 0.219. The average Bonchev–Trinajstić information content (AvgIpc) is 2.93. The second-order valence-corrected chi connectivity index (χ2v) is 4.78. The van der Waals surface area contributed by atoms with Crippen molar-refractivity contribution in [1.29, 1.82) is 5.26 Å². The van der Waals surface area contributed by atoms with Gasteiger partial charge in [-0.3, -0.25) is 0 Å². The summed E-state index contributed by atoms with van der Waals surface area (Å²) in [4.78, 5) is 13.3. The predicted molar refractivity (Wildman–Crippen MR) is 75.4 cm³/mol. The molecule has 0 spiro atoms. The van der Waals surface area contributed by atoms with Gasteiger partial charge in [-0.2, -0.15) is 5.26 Å². The maximum absolute atomic E-state index is 11.2. The number of carbonyl (C=O) groups is 1. The van der Waals surface area contributed by atoms with E-state index >= 15 is 0 Å². The lowest BCUT2D eigenvalue weighted by Crippen LogP contribution is -1.99. The van der Waals surface area contributed by atoms with Crippen LogP contribution in [0.4, 0.5) is 0 Å². The third-order valence-corrected chi connectivity index (χ3v) is 3.45. The highest BCUT2D eigenvalue weighted by Crippen LogP contribution is 2.28. The fraction of sp³-hybridized carbons (Fsp3) is 0.0667. The molecule has 3 nitrogen and oxygen atoms in total. The topological polar surface area (TPSA) is 50.1 Å². The molecule has 0 aliphatic carbocycles. The molecular weight excluding hydrogens is 258 g/mol. The normalized spacial score (nSPS) is 10.3. The van der Waals surface area contributed by atoms with Crippen molar-refractivity contribution in [3.63, 3.8) is 0 Å². The van der Waals surface area contributed by atoms with Crippen molar-refractivity contribution in [3.05, 3.63) is 53.4 Å². The van der Waals surface area contributed by atoms with Crippen LogP contribution in [0.3, 0.4) is 0 Å². The highest BCUT2D eigenvalue weighted by Gasteiger charge is 2.01. The van der Waals surface area contributed by atoms with E-state index in [0.29, 0.717) is 0 Å². The Morgan fingerprint density at radius 2 is 2.05 bits per heavy atom. The summed E-state index contributed by atoms with van der Waals surface area (Å²) in [7, 11) is 0. The molecule has 0 N–H and O–H groups in total. The van der Waals surface area contributed by atoms with Gasteiger partial charge in [0.15, 0.2) is 6.61 Å². The molecule has 0 amide bonds. The number of ether oxygens (including phenoxy) is 1. The number of esters is 1. The van der Waals surface area contributed by atoms with Crippen LogP contribution in [0.15, 0.2) is 48.5 Å². The molecule has 0 atom stereocenters. The largest absolute Gasteiger partial charge is 0.447 e. The molecule has 1 heterocycles. The van der Waals surface area contributed by atoms with E-state index in [4.69, 9.17) is 5.26 Å². The van der Waals surface area contributed by atoms with Crippen molar-refractivity contribution in [1.82, 2.24) is 0 Å². The Morgan fingerprint density at radius 1 is 1.26 bits per heavy atom. The number of thiophene rings is 1. The number of hydrogen-bond donors (Lipinski definition) is 0. The molecule has 1 aromatic carbocycles. The molecule has 0 saturated carbocycles. The molecule has 0 fully saturated rings. The molecule has 0 aliphatic heterocycles. The van der Waals surface area contributed by atoms with Gasteiger partial charge in [-0.1, -0.05) is 30.3 Å².